The average Bonchev–Trinajstić information content (AvgIpc) is 1.46. The van der Waals surface area contributed by atoms with Crippen LogP contribution >= 0.6 is 0 Å². The Balaban J connectivity index is -0.00000000246. The minimum Gasteiger partial charge on any atom is -0.255 e. The number of rotatable bonds is 0. The number of hydrogen-bond donors (Lipinski definition) is 0. The van der Waals surface area contributed by atoms with Gasteiger partial charge < -0.3 is 0 Å². The van der Waals surface area contributed by atoms with Crippen LogP contribution in [0.3, 0.4) is 0 Å². The number of halogens is 2. The van der Waals surface area contributed by atoms with Crippen molar-refractivity contribution in [3.8, 4) is 12.6 Å². The first-order valence-corrected chi connectivity index (χ1v) is 0.856. The Hall–Kier alpha value is -0.580. The lowest BCUT2D eigenvalue weighted by molar-refractivity contribution is 0.636. The van der Waals surface area contributed by atoms with Gasteiger partial charge >= 0.3 is 0 Å². The van der Waals surface area contributed by atoms with E-state index in [0.717, 1.165) is 6.17 Å². The second-order valence-corrected chi connectivity index (χ2v) is 0.109. The lowest BCUT2D eigenvalue weighted by Gasteiger charge is -1.17. The van der Waals surface area contributed by atoms with Gasteiger partial charge in [-0.25, -0.2) is 0 Å². The zero-order chi connectivity index (χ0) is 4.71. The Kier molecular flexibility index (Phi) is 30000. The van der Waals surface area contributed by atoms with E-state index in [4.69, 9.17) is 0 Å². The monoisotopic (exact) mass is 158 g/mol. The first-order chi connectivity index (χ1) is 2.41. The molecular formula is C8H24F2. The first-order valence-electron chi connectivity index (χ1n) is 0.856. The van der Waals surface area contributed by atoms with E-state index >= 15 is 0 Å². The van der Waals surface area contributed by atoms with Crippen LogP contribution in [-0.2, 0) is 0 Å². The Morgan fingerprint density at radius 3 is 0.900 bits per heavy atom. The Bertz CT molecular complexity index is 28.7. The topological polar surface area (TPSA) is 0 Å². The van der Waals surface area contributed by atoms with E-state index in [2.05, 4.69) is 6.42 Å². The van der Waals surface area contributed by atoms with Gasteiger partial charge in [-0.2, -0.15) is 0 Å². The summed E-state index contributed by atoms with van der Waals surface area (Å²) in [6.07, 6.45) is 4.68. The molecule has 0 amide bonds. The highest BCUT2D eigenvalue weighted by Gasteiger charge is 1.15. The van der Waals surface area contributed by atoms with Crippen molar-refractivity contribution >= 4 is 0 Å². The van der Waals surface area contributed by atoms with Crippen molar-refractivity contribution in [1.29, 1.82) is 0 Å². The number of hydrogen-bond acceptors (Lipinski definition) is 0. The normalized spacial score (nSPS) is 1.40. The van der Waals surface area contributed by atoms with Crippen molar-refractivity contribution in [2.45, 2.75) is 37.1 Å². The van der Waals surface area contributed by atoms with E-state index in [-0.39, 0.29) is 37.1 Å². The van der Waals surface area contributed by atoms with Crippen LogP contribution in [0.1, 0.15) is 37.1 Å². The van der Waals surface area contributed by atoms with E-state index in [1.165, 1.54) is 0 Å². The molecular weight excluding hydrogens is 134 g/mol. The molecule has 0 radical (unpaired) electrons. The number of terminal acetylenes is 1. The summed E-state index contributed by atoms with van der Waals surface area (Å²) in [5.41, 5.74) is 0. The molecule has 0 atom stereocenters. The van der Waals surface area contributed by atoms with Gasteiger partial charge in [0.15, 0.2) is 0 Å². The Morgan fingerprint density at radius 2 is 0.900 bits per heavy atom. The summed E-state index contributed by atoms with van der Waals surface area (Å²) in [5, 5.41) is 0. The molecule has 0 nitrogen and oxygen atoms in total. The fourth-order valence-corrected chi connectivity index (χ4v) is 0. The molecule has 0 saturated carbocycles. The lowest BCUT2D eigenvalue weighted by atomic mass is 11.4. The van der Waals surface area contributed by atoms with Crippen LogP contribution in [0.5, 0.6) is 0 Å². The van der Waals surface area contributed by atoms with Crippen molar-refractivity contribution in [3.05, 3.63) is 0 Å². The van der Waals surface area contributed by atoms with E-state index < -0.39 is 0 Å². The summed E-state index contributed by atoms with van der Waals surface area (Å²) >= 11 is 0. The maximum atomic E-state index is 9.82. The van der Waals surface area contributed by atoms with Gasteiger partial charge in [0.05, 0.1) is 7.18 Å². The molecule has 2 heteroatoms. The summed E-state index contributed by atoms with van der Waals surface area (Å²) in [7, 11) is 0.500. The van der Waals surface area contributed by atoms with Gasteiger partial charge in [-0.05, 0) is 0 Å². The molecule has 0 aliphatic heterocycles. The molecule has 0 aliphatic carbocycles. The molecule has 0 unspecified atom stereocenters. The van der Waals surface area contributed by atoms with Crippen LogP contribution in [0.25, 0.3) is 0 Å². The van der Waals surface area contributed by atoms with Crippen LogP contribution in [0, 0.1) is 12.6 Å². The predicted molar refractivity (Wildman–Crippen MR) is 50.6 cm³/mol. The summed E-state index contributed by atoms with van der Waals surface area (Å²) in [5.74, 6) is 0. The van der Waals surface area contributed by atoms with E-state index in [9.17, 15) is 8.78 Å². The summed E-state index contributed by atoms with van der Waals surface area (Å²) in [6, 6.07) is 0. The van der Waals surface area contributed by atoms with Gasteiger partial charge in [0.25, 0.3) is 0 Å². The SMILES string of the molecule is C.C.C.C.C.C#CF.CF. The van der Waals surface area contributed by atoms with Gasteiger partial charge in [0, 0.05) is 0 Å². The highest BCUT2D eigenvalue weighted by Crippen LogP contribution is 1.34. The molecule has 0 aromatic rings. The second-order valence-electron chi connectivity index (χ2n) is 0.109. The quantitative estimate of drug-likeness (QED) is 0.461. The fourth-order valence-electron chi connectivity index (χ4n) is 0. The van der Waals surface area contributed by atoms with Crippen molar-refractivity contribution in [3.63, 3.8) is 0 Å². The summed E-state index contributed by atoms with van der Waals surface area (Å²) < 4.78 is 19.3. The molecule has 10 heavy (non-hydrogen) atoms. The minimum atomic E-state index is 0. The molecule has 0 N–H and O–H groups in total. The summed E-state index contributed by atoms with van der Waals surface area (Å²) in [6.45, 7) is 0. The molecule has 0 heterocycles. The third-order valence-corrected chi connectivity index (χ3v) is 0. The van der Waals surface area contributed by atoms with Gasteiger partial charge in [0.1, 0.15) is 6.17 Å². The number of alkyl halides is 1. The molecule has 0 spiro atoms. The maximum absolute atomic E-state index is 9.82. The Labute approximate surface area is 66.7 Å². The van der Waals surface area contributed by atoms with Crippen LogP contribution in [0.2, 0.25) is 0 Å². The van der Waals surface area contributed by atoms with Crippen molar-refractivity contribution in [2.75, 3.05) is 7.18 Å². The third kappa shape index (κ3) is 909. The average molecular weight is 158 g/mol. The highest BCUT2D eigenvalue weighted by atomic mass is 19.1. The van der Waals surface area contributed by atoms with Gasteiger partial charge in [-0.1, -0.05) is 43.6 Å². The van der Waals surface area contributed by atoms with Crippen LogP contribution in [-0.4, -0.2) is 7.18 Å². The van der Waals surface area contributed by atoms with E-state index in [1.54, 1.807) is 0 Å². The Morgan fingerprint density at radius 1 is 0.900 bits per heavy atom. The molecule has 0 bridgehead atoms. The van der Waals surface area contributed by atoms with E-state index in [0.29, 0.717) is 7.18 Å². The second kappa shape index (κ2) is 2630. The standard InChI is InChI=1S/C2HF.CH3F.5CH4/c1-2-3;1-2;;;;;/h1H;1H3;5*1H4. The van der Waals surface area contributed by atoms with Crippen molar-refractivity contribution in [1.82, 2.24) is 0 Å². The molecule has 70 valence electrons. The zero-order valence-corrected chi connectivity index (χ0v) is 2.83. The minimum absolute atomic E-state index is 0. The van der Waals surface area contributed by atoms with Crippen molar-refractivity contribution < 1.29 is 8.78 Å². The smallest absolute Gasteiger partial charge is 0.102 e. The lowest BCUT2D eigenvalue weighted by Crippen LogP contribution is -1.02. The van der Waals surface area contributed by atoms with Gasteiger partial charge in [-0.15, -0.1) is 4.39 Å². The predicted octanol–water partition coefficient (Wildman–Crippen LogP) is 4.31. The largest absolute Gasteiger partial charge is 0.255 e. The van der Waals surface area contributed by atoms with E-state index in [1.807, 2.05) is 0 Å². The molecule has 0 aromatic carbocycles. The van der Waals surface area contributed by atoms with Gasteiger partial charge in [-0.3, -0.25) is 4.39 Å². The molecule has 0 fully saturated rings. The molecule has 0 aliphatic rings. The highest BCUT2D eigenvalue weighted by molar-refractivity contribution is 4.63. The fraction of sp³-hybridized carbons (Fsp3) is 0.750. The zero-order valence-electron chi connectivity index (χ0n) is 2.83. The molecule has 0 saturated heterocycles. The maximum Gasteiger partial charge on any atom is 0.102 e. The summed E-state index contributed by atoms with van der Waals surface area (Å²) in [4.78, 5) is 0. The molecule has 0 aromatic heterocycles. The van der Waals surface area contributed by atoms with Crippen LogP contribution in [0.4, 0.5) is 8.78 Å². The first kappa shape index (κ1) is 114. The van der Waals surface area contributed by atoms with Crippen molar-refractivity contribution in [2.24, 2.45) is 0 Å². The third-order valence-electron chi connectivity index (χ3n) is 0. The van der Waals surface area contributed by atoms with Crippen LogP contribution in [0.15, 0.2) is 0 Å². The van der Waals surface area contributed by atoms with Gasteiger partial charge in [0.2, 0.25) is 0 Å². The van der Waals surface area contributed by atoms with Crippen LogP contribution < -0.4 is 0 Å². The molecule has 0 rings (SSSR count).